The van der Waals surface area contributed by atoms with Gasteiger partial charge in [-0.05, 0) is 36.8 Å². The predicted molar refractivity (Wildman–Crippen MR) is 121 cm³/mol. The molecule has 6 nitrogen and oxygen atoms in total. The summed E-state index contributed by atoms with van der Waals surface area (Å²) in [5.41, 5.74) is 8.15. The zero-order valence-electron chi connectivity index (χ0n) is 16.1. The summed E-state index contributed by atoms with van der Waals surface area (Å²) in [4.78, 5) is 13.1. The van der Waals surface area contributed by atoms with Crippen LogP contribution in [-0.2, 0) is 6.54 Å². The van der Waals surface area contributed by atoms with Crippen LogP contribution in [0.1, 0.15) is 18.9 Å². The van der Waals surface area contributed by atoms with Crippen molar-refractivity contribution in [2.75, 3.05) is 37.7 Å². The number of pyridine rings is 1. The number of nitrogens with zero attached hydrogens (tertiary/aromatic N) is 4. The summed E-state index contributed by atoms with van der Waals surface area (Å²) < 4.78 is 18.7. The van der Waals surface area contributed by atoms with E-state index in [1.54, 1.807) is 6.20 Å². The van der Waals surface area contributed by atoms with Gasteiger partial charge in [-0.1, -0.05) is 13.0 Å². The van der Waals surface area contributed by atoms with Crippen molar-refractivity contribution in [1.82, 2.24) is 9.88 Å². The number of hydrogen-bond donors (Lipinski definition) is 1. The summed E-state index contributed by atoms with van der Waals surface area (Å²) >= 11 is 0. The smallest absolute Gasteiger partial charge is 0.218 e. The molecule has 3 rings (SSSR count). The normalized spacial score (nSPS) is 14.6. The molecule has 0 bridgehead atoms. The molecule has 28 heavy (non-hydrogen) atoms. The molecule has 2 N–H and O–H groups in total. The Balaban J connectivity index is 0.00000280. The molecule has 2 heterocycles. The summed E-state index contributed by atoms with van der Waals surface area (Å²) in [7, 11) is 0. The highest BCUT2D eigenvalue weighted by Gasteiger charge is 2.18. The van der Waals surface area contributed by atoms with Crippen LogP contribution in [-0.4, -0.2) is 48.6 Å². The largest absolute Gasteiger partial charge is 0.477 e. The van der Waals surface area contributed by atoms with Crippen LogP contribution < -0.4 is 15.4 Å². The quantitative estimate of drug-likeness (QED) is 0.376. The van der Waals surface area contributed by atoms with E-state index in [0.29, 0.717) is 25.0 Å². The molecule has 8 heteroatoms. The molecule has 0 aliphatic carbocycles. The Morgan fingerprint density at radius 1 is 1.18 bits per heavy atom. The van der Waals surface area contributed by atoms with E-state index >= 15 is 0 Å². The van der Waals surface area contributed by atoms with Gasteiger partial charge in [0.25, 0.3) is 0 Å². The summed E-state index contributed by atoms with van der Waals surface area (Å²) in [6.07, 6.45) is 2.65. The van der Waals surface area contributed by atoms with Crippen molar-refractivity contribution in [1.29, 1.82) is 0 Å². The first-order chi connectivity index (χ1) is 13.2. The average Bonchev–Trinajstić information content (AvgIpc) is 2.72. The molecule has 1 fully saturated rings. The Morgan fingerprint density at radius 3 is 2.57 bits per heavy atom. The SMILES string of the molecule is CCCOc1ncccc1CN=C(N)N1CCN(c2ccc(F)cc2)CC1.I. The van der Waals surface area contributed by atoms with Crippen molar-refractivity contribution in [3.05, 3.63) is 54.0 Å². The molecule has 1 aromatic carbocycles. The van der Waals surface area contributed by atoms with Crippen LogP contribution in [0.15, 0.2) is 47.6 Å². The fourth-order valence-corrected chi connectivity index (χ4v) is 2.98. The molecular weight excluding hydrogens is 472 g/mol. The van der Waals surface area contributed by atoms with Gasteiger partial charge in [0, 0.05) is 43.6 Å². The van der Waals surface area contributed by atoms with Gasteiger partial charge in [0.15, 0.2) is 5.96 Å². The van der Waals surface area contributed by atoms with Crippen LogP contribution in [0.3, 0.4) is 0 Å². The third-order valence-electron chi connectivity index (χ3n) is 4.50. The summed E-state index contributed by atoms with van der Waals surface area (Å²) in [6.45, 7) is 6.33. The standard InChI is InChI=1S/C20H26FN5O.HI/c1-2-14-27-19-16(4-3-9-23-19)15-24-20(22)26-12-10-25(11-13-26)18-7-5-17(21)6-8-18;/h3-9H,2,10-15H2,1H3,(H2,22,24);1H. The lowest BCUT2D eigenvalue weighted by Crippen LogP contribution is -2.51. The number of benzene rings is 1. The Morgan fingerprint density at radius 2 is 1.89 bits per heavy atom. The Labute approximate surface area is 182 Å². The van der Waals surface area contributed by atoms with Crippen molar-refractivity contribution in [3.8, 4) is 5.88 Å². The highest BCUT2D eigenvalue weighted by molar-refractivity contribution is 14.0. The fourth-order valence-electron chi connectivity index (χ4n) is 2.98. The molecule has 152 valence electrons. The zero-order chi connectivity index (χ0) is 19.1. The first-order valence-electron chi connectivity index (χ1n) is 9.29. The number of guanidine groups is 1. The van der Waals surface area contributed by atoms with E-state index in [9.17, 15) is 4.39 Å². The molecule has 0 radical (unpaired) electrons. The minimum absolute atomic E-state index is 0. The molecule has 2 aromatic rings. The van der Waals surface area contributed by atoms with Gasteiger partial charge in [0.2, 0.25) is 5.88 Å². The van der Waals surface area contributed by atoms with E-state index in [1.807, 2.05) is 24.3 Å². The number of aliphatic imine (C=N–C) groups is 1. The topological polar surface area (TPSA) is 67.0 Å². The Hall–Kier alpha value is -2.10. The van der Waals surface area contributed by atoms with Gasteiger partial charge >= 0.3 is 0 Å². The second-order valence-electron chi connectivity index (χ2n) is 6.44. The molecule has 0 unspecified atom stereocenters. The minimum atomic E-state index is -0.216. The van der Waals surface area contributed by atoms with E-state index in [0.717, 1.165) is 43.9 Å². The van der Waals surface area contributed by atoms with Crippen molar-refractivity contribution in [2.24, 2.45) is 10.7 Å². The van der Waals surface area contributed by atoms with Crippen molar-refractivity contribution >= 4 is 35.6 Å². The van der Waals surface area contributed by atoms with Gasteiger partial charge < -0.3 is 20.3 Å². The maximum Gasteiger partial charge on any atom is 0.218 e. The van der Waals surface area contributed by atoms with Crippen LogP contribution in [0.5, 0.6) is 5.88 Å². The van der Waals surface area contributed by atoms with Gasteiger partial charge in [0.1, 0.15) is 5.82 Å². The molecule has 0 spiro atoms. The number of aromatic nitrogens is 1. The molecule has 1 aliphatic heterocycles. The number of halogens is 2. The van der Waals surface area contributed by atoms with E-state index in [4.69, 9.17) is 10.5 Å². The maximum atomic E-state index is 13.1. The van der Waals surface area contributed by atoms with Gasteiger partial charge in [-0.15, -0.1) is 24.0 Å². The number of piperazine rings is 1. The lowest BCUT2D eigenvalue weighted by molar-refractivity contribution is 0.302. The lowest BCUT2D eigenvalue weighted by Gasteiger charge is -2.36. The Bertz CT molecular complexity index is 763. The molecule has 1 aliphatic rings. The third kappa shape index (κ3) is 5.95. The van der Waals surface area contributed by atoms with E-state index in [-0.39, 0.29) is 29.8 Å². The molecule has 0 amide bonds. The van der Waals surface area contributed by atoms with Crippen LogP contribution in [0.4, 0.5) is 10.1 Å². The highest BCUT2D eigenvalue weighted by Crippen LogP contribution is 2.18. The van der Waals surface area contributed by atoms with E-state index in [1.165, 1.54) is 12.1 Å². The first kappa shape index (κ1) is 22.2. The first-order valence-corrected chi connectivity index (χ1v) is 9.29. The van der Waals surface area contributed by atoms with Gasteiger partial charge in [-0.3, -0.25) is 0 Å². The summed E-state index contributed by atoms with van der Waals surface area (Å²) in [6, 6.07) is 10.4. The maximum absolute atomic E-state index is 13.1. The summed E-state index contributed by atoms with van der Waals surface area (Å²) in [5.74, 6) is 0.933. The van der Waals surface area contributed by atoms with Crippen LogP contribution in [0.2, 0.25) is 0 Å². The minimum Gasteiger partial charge on any atom is -0.477 e. The van der Waals surface area contributed by atoms with Crippen molar-refractivity contribution in [2.45, 2.75) is 19.9 Å². The average molecular weight is 499 g/mol. The second kappa shape index (κ2) is 11.0. The number of ether oxygens (including phenoxy) is 1. The molecule has 1 aromatic heterocycles. The predicted octanol–water partition coefficient (Wildman–Crippen LogP) is 3.26. The van der Waals surface area contributed by atoms with Crippen molar-refractivity contribution in [3.63, 3.8) is 0 Å². The van der Waals surface area contributed by atoms with Crippen LogP contribution in [0.25, 0.3) is 0 Å². The van der Waals surface area contributed by atoms with Gasteiger partial charge in [-0.2, -0.15) is 0 Å². The number of hydrogen-bond acceptors (Lipinski definition) is 4. The second-order valence-corrected chi connectivity index (χ2v) is 6.44. The van der Waals surface area contributed by atoms with Crippen LogP contribution in [0, 0.1) is 5.82 Å². The Kier molecular flexibility index (Phi) is 8.75. The molecular formula is C20H27FIN5O. The zero-order valence-corrected chi connectivity index (χ0v) is 18.4. The number of nitrogens with two attached hydrogens (primary N) is 1. The number of rotatable bonds is 6. The number of anilines is 1. The third-order valence-corrected chi connectivity index (χ3v) is 4.50. The molecule has 0 saturated carbocycles. The highest BCUT2D eigenvalue weighted by atomic mass is 127. The van der Waals surface area contributed by atoms with E-state index in [2.05, 4.69) is 26.7 Å². The van der Waals surface area contributed by atoms with E-state index < -0.39 is 0 Å². The van der Waals surface area contributed by atoms with Crippen LogP contribution >= 0.6 is 24.0 Å². The van der Waals surface area contributed by atoms with Gasteiger partial charge in [0.05, 0.1) is 13.2 Å². The lowest BCUT2D eigenvalue weighted by atomic mass is 10.2. The monoisotopic (exact) mass is 499 g/mol. The molecule has 1 saturated heterocycles. The summed E-state index contributed by atoms with van der Waals surface area (Å²) in [5, 5.41) is 0. The molecule has 0 atom stereocenters. The fraction of sp³-hybridized carbons (Fsp3) is 0.400. The van der Waals surface area contributed by atoms with Gasteiger partial charge in [-0.25, -0.2) is 14.4 Å². The van der Waals surface area contributed by atoms with Crippen molar-refractivity contribution < 1.29 is 9.13 Å².